The summed E-state index contributed by atoms with van der Waals surface area (Å²) in [5.74, 6) is -0.496. The summed E-state index contributed by atoms with van der Waals surface area (Å²) in [6, 6.07) is 7.43. The third-order valence-electron chi connectivity index (χ3n) is 4.67. The van der Waals surface area contributed by atoms with Gasteiger partial charge in [-0.3, -0.25) is 0 Å². The molecule has 0 N–H and O–H groups in total. The van der Waals surface area contributed by atoms with Crippen molar-refractivity contribution < 1.29 is 18.3 Å². The Balaban J connectivity index is 1.74. The first kappa shape index (κ1) is 18.7. The lowest BCUT2D eigenvalue weighted by atomic mass is 10.0. The van der Waals surface area contributed by atoms with Crippen molar-refractivity contribution >= 4 is 30.1 Å². The van der Waals surface area contributed by atoms with Gasteiger partial charge in [-0.15, -0.1) is 17.7 Å². The van der Waals surface area contributed by atoms with Crippen LogP contribution in [0.1, 0.15) is 35.4 Å². The van der Waals surface area contributed by atoms with Crippen LogP contribution in [0.15, 0.2) is 41.4 Å². The van der Waals surface area contributed by atoms with Gasteiger partial charge in [-0.2, -0.15) is 0 Å². The molecule has 28 heavy (non-hydrogen) atoms. The molecule has 146 valence electrons. The molecule has 0 unspecified atom stereocenters. The number of carbonyl (C=O) groups excluding carboxylic acids is 1. The Morgan fingerprint density at radius 3 is 2.93 bits per heavy atom. The zero-order valence-electron chi connectivity index (χ0n) is 15.0. The van der Waals surface area contributed by atoms with E-state index >= 15 is 0 Å². The second-order valence-electron chi connectivity index (χ2n) is 6.57. The first-order valence-electron chi connectivity index (χ1n) is 8.88. The molecule has 1 aliphatic heterocycles. The zero-order chi connectivity index (χ0) is 19.8. The molecule has 0 bridgehead atoms. The van der Waals surface area contributed by atoms with Gasteiger partial charge >= 0.3 is 5.97 Å². The van der Waals surface area contributed by atoms with Crippen molar-refractivity contribution in [3.05, 3.63) is 53.6 Å². The Bertz CT molecular complexity index is 1020. The maximum Gasteiger partial charge on any atom is 0.358 e. The molecular weight excluding hydrogens is 386 g/mol. The molecule has 0 saturated carbocycles. The molecule has 0 amide bonds. The van der Waals surface area contributed by atoms with Crippen LogP contribution in [0.4, 0.5) is 14.6 Å². The minimum Gasteiger partial charge on any atom is -0.461 e. The molecule has 1 aliphatic rings. The fraction of sp³-hybridized carbons (Fsp3) is 0.316. The van der Waals surface area contributed by atoms with Crippen LogP contribution in [0, 0.1) is 5.82 Å². The van der Waals surface area contributed by atoms with Crippen molar-refractivity contribution in [2.75, 3.05) is 18.1 Å². The number of hydrogen-bond acceptors (Lipinski definition) is 6. The summed E-state index contributed by atoms with van der Waals surface area (Å²) in [6.07, 6.45) is 0.523. The number of nitrogens with zero attached hydrogens (tertiary/aromatic N) is 4. The van der Waals surface area contributed by atoms with E-state index in [1.807, 2.05) is 0 Å². The Kier molecular flexibility index (Phi) is 4.92. The summed E-state index contributed by atoms with van der Waals surface area (Å²) >= 11 is 4.22. The smallest absolute Gasteiger partial charge is 0.358 e. The number of thiol groups is 1. The Morgan fingerprint density at radius 1 is 1.36 bits per heavy atom. The molecule has 2 atom stereocenters. The number of benzene rings is 1. The van der Waals surface area contributed by atoms with Gasteiger partial charge in [0.15, 0.2) is 11.3 Å². The average molecular weight is 404 g/mol. The summed E-state index contributed by atoms with van der Waals surface area (Å²) in [7, 11) is 0. The van der Waals surface area contributed by atoms with Crippen molar-refractivity contribution in [1.29, 1.82) is 0 Å². The lowest BCUT2D eigenvalue weighted by Crippen LogP contribution is -2.25. The minimum absolute atomic E-state index is 0.116. The van der Waals surface area contributed by atoms with Crippen LogP contribution in [0.2, 0.25) is 0 Å². The van der Waals surface area contributed by atoms with Crippen LogP contribution in [-0.4, -0.2) is 39.9 Å². The molecule has 1 aromatic carbocycles. The quantitative estimate of drug-likeness (QED) is 0.532. The number of imidazole rings is 1. The summed E-state index contributed by atoms with van der Waals surface area (Å²) in [5, 5.41) is 4.48. The van der Waals surface area contributed by atoms with E-state index in [9.17, 15) is 13.6 Å². The highest BCUT2D eigenvalue weighted by Gasteiger charge is 2.35. The van der Waals surface area contributed by atoms with E-state index in [0.29, 0.717) is 21.9 Å². The number of anilines is 1. The van der Waals surface area contributed by atoms with Gasteiger partial charge < -0.3 is 9.64 Å². The highest BCUT2D eigenvalue weighted by Crippen LogP contribution is 2.37. The van der Waals surface area contributed by atoms with Crippen molar-refractivity contribution in [1.82, 2.24) is 14.6 Å². The maximum atomic E-state index is 14.3. The summed E-state index contributed by atoms with van der Waals surface area (Å²) in [4.78, 5) is 18.5. The highest BCUT2D eigenvalue weighted by atomic mass is 32.1. The van der Waals surface area contributed by atoms with Crippen LogP contribution < -0.4 is 4.90 Å². The van der Waals surface area contributed by atoms with Gasteiger partial charge in [0, 0.05) is 11.3 Å². The summed E-state index contributed by atoms with van der Waals surface area (Å²) in [5.41, 5.74) is 1.29. The first-order chi connectivity index (χ1) is 13.5. The number of hydrogen-bond donors (Lipinski definition) is 1. The van der Waals surface area contributed by atoms with E-state index in [2.05, 4.69) is 22.7 Å². The van der Waals surface area contributed by atoms with E-state index in [1.54, 1.807) is 30.0 Å². The molecule has 9 heteroatoms. The molecule has 0 radical (unpaired) electrons. The second-order valence-corrected chi connectivity index (χ2v) is 7.09. The molecule has 3 heterocycles. The number of ether oxygens (including phenoxy) is 1. The van der Waals surface area contributed by atoms with Gasteiger partial charge in [-0.1, -0.05) is 0 Å². The molecule has 6 nitrogen and oxygen atoms in total. The monoisotopic (exact) mass is 404 g/mol. The zero-order valence-corrected chi connectivity index (χ0v) is 15.9. The molecule has 1 saturated heterocycles. The molecule has 2 aromatic heterocycles. The molecule has 0 aliphatic carbocycles. The maximum absolute atomic E-state index is 14.3. The van der Waals surface area contributed by atoms with Gasteiger partial charge in [-0.05, 0) is 42.8 Å². The number of rotatable bonds is 4. The lowest BCUT2D eigenvalue weighted by molar-refractivity contribution is 0.0516. The molecular formula is C19H18F2N4O2S. The SMILES string of the molecule is CCOC(=O)c1cnc2ccc(N3C[C@@H](F)C[C@@H]3c3cc(F)cc(S)c3)nn12. The van der Waals surface area contributed by atoms with Crippen LogP contribution in [0.25, 0.3) is 5.65 Å². The Labute approximate surface area is 165 Å². The number of halogens is 2. The number of aromatic nitrogens is 3. The van der Waals surface area contributed by atoms with Crippen LogP contribution in [0.5, 0.6) is 0 Å². The Morgan fingerprint density at radius 2 is 2.18 bits per heavy atom. The van der Waals surface area contributed by atoms with Crippen LogP contribution >= 0.6 is 12.6 Å². The average Bonchev–Trinajstić information content (AvgIpc) is 3.24. The first-order valence-corrected chi connectivity index (χ1v) is 9.33. The number of carbonyl (C=O) groups is 1. The van der Waals surface area contributed by atoms with Crippen molar-refractivity contribution in [3.8, 4) is 0 Å². The number of fused-ring (bicyclic) bond motifs is 1. The third kappa shape index (κ3) is 3.42. The van der Waals surface area contributed by atoms with Gasteiger partial charge in [0.05, 0.1) is 25.4 Å². The van der Waals surface area contributed by atoms with E-state index in [0.717, 1.165) is 0 Å². The standard InChI is InChI=1S/C19H18F2N4O2S/c1-2-27-19(26)16-9-22-17-3-4-18(23-25(16)17)24-10-13(21)8-15(24)11-5-12(20)7-14(28)6-11/h3-7,9,13,15,28H,2,8,10H2,1H3/t13-,15+/m0/s1. The normalized spacial score (nSPS) is 19.4. The molecule has 3 aromatic rings. The van der Waals surface area contributed by atoms with Crippen LogP contribution in [-0.2, 0) is 4.74 Å². The van der Waals surface area contributed by atoms with Crippen molar-refractivity contribution in [3.63, 3.8) is 0 Å². The molecule has 4 rings (SSSR count). The Hall–Kier alpha value is -2.68. The van der Waals surface area contributed by atoms with E-state index in [1.165, 1.54) is 22.8 Å². The fourth-order valence-corrected chi connectivity index (χ4v) is 3.78. The van der Waals surface area contributed by atoms with Crippen LogP contribution in [0.3, 0.4) is 0 Å². The third-order valence-corrected chi connectivity index (χ3v) is 4.92. The van der Waals surface area contributed by atoms with Gasteiger partial charge in [0.25, 0.3) is 0 Å². The van der Waals surface area contributed by atoms with Gasteiger partial charge in [0.1, 0.15) is 17.8 Å². The second kappa shape index (κ2) is 7.38. The van der Waals surface area contributed by atoms with Gasteiger partial charge in [-0.25, -0.2) is 23.1 Å². The van der Waals surface area contributed by atoms with E-state index < -0.39 is 24.0 Å². The highest BCUT2D eigenvalue weighted by molar-refractivity contribution is 7.80. The van der Waals surface area contributed by atoms with Crippen molar-refractivity contribution in [2.45, 2.75) is 30.5 Å². The topological polar surface area (TPSA) is 59.7 Å². The molecule has 1 fully saturated rings. The predicted molar refractivity (Wildman–Crippen MR) is 102 cm³/mol. The number of esters is 1. The fourth-order valence-electron chi connectivity index (χ4n) is 3.50. The molecule has 0 spiro atoms. The van der Waals surface area contributed by atoms with E-state index in [4.69, 9.17) is 4.74 Å². The summed E-state index contributed by atoms with van der Waals surface area (Å²) in [6.45, 7) is 2.06. The largest absolute Gasteiger partial charge is 0.461 e. The summed E-state index contributed by atoms with van der Waals surface area (Å²) < 4.78 is 34.5. The minimum atomic E-state index is -1.08. The van der Waals surface area contributed by atoms with Gasteiger partial charge in [0.2, 0.25) is 0 Å². The predicted octanol–water partition coefficient (Wildman–Crippen LogP) is 3.62. The number of alkyl halides is 1. The lowest BCUT2D eigenvalue weighted by Gasteiger charge is -2.26. The van der Waals surface area contributed by atoms with E-state index in [-0.39, 0.29) is 25.3 Å². The van der Waals surface area contributed by atoms with Crippen molar-refractivity contribution in [2.24, 2.45) is 0 Å².